The van der Waals surface area contributed by atoms with E-state index in [4.69, 9.17) is 0 Å². The molecule has 3 rings (SSSR count). The van der Waals surface area contributed by atoms with Gasteiger partial charge in [0.05, 0.1) is 0 Å². The summed E-state index contributed by atoms with van der Waals surface area (Å²) < 4.78 is 0. The number of nitrogens with one attached hydrogen (secondary N) is 1. The Labute approximate surface area is 138 Å². The van der Waals surface area contributed by atoms with Crippen LogP contribution in [-0.2, 0) is 11.3 Å². The number of carbonyl (C=O) groups excluding carboxylic acids is 2. The Morgan fingerprint density at radius 2 is 1.61 bits per heavy atom. The van der Waals surface area contributed by atoms with E-state index in [1.54, 1.807) is 0 Å². The number of hydrogen-bond acceptors (Lipinski definition) is 2. The molecule has 2 aliphatic rings. The van der Waals surface area contributed by atoms with Crippen molar-refractivity contribution in [2.24, 2.45) is 5.92 Å². The van der Waals surface area contributed by atoms with Gasteiger partial charge in [-0.05, 0) is 43.4 Å². The molecule has 0 bridgehead atoms. The molecule has 1 saturated carbocycles. The minimum atomic E-state index is 0.125. The Balaban J connectivity index is 1.51. The maximum absolute atomic E-state index is 12.3. The van der Waals surface area contributed by atoms with E-state index >= 15 is 0 Å². The fourth-order valence-corrected chi connectivity index (χ4v) is 3.57. The van der Waals surface area contributed by atoms with Gasteiger partial charge in [-0.15, -0.1) is 0 Å². The number of likely N-dealkylation sites (tertiary alicyclic amines) is 1. The summed E-state index contributed by atoms with van der Waals surface area (Å²) in [7, 11) is 0. The number of amides is 2. The SMILES string of the molecule is O=C(NCc1ccc(C(=O)N2CCCC2)cc1)C1CCCCC1. The number of benzene rings is 1. The molecule has 1 saturated heterocycles. The van der Waals surface area contributed by atoms with Crippen LogP contribution in [0, 0.1) is 5.92 Å². The van der Waals surface area contributed by atoms with Crippen molar-refractivity contribution in [1.29, 1.82) is 0 Å². The first-order valence-corrected chi connectivity index (χ1v) is 8.90. The van der Waals surface area contributed by atoms with Crippen LogP contribution >= 0.6 is 0 Å². The smallest absolute Gasteiger partial charge is 0.253 e. The summed E-state index contributed by atoms with van der Waals surface area (Å²) in [6.07, 6.45) is 7.87. The summed E-state index contributed by atoms with van der Waals surface area (Å²) >= 11 is 0. The summed E-state index contributed by atoms with van der Waals surface area (Å²) in [6, 6.07) is 7.65. The van der Waals surface area contributed by atoms with Gasteiger partial charge in [-0.1, -0.05) is 31.4 Å². The molecule has 1 heterocycles. The predicted molar refractivity (Wildman–Crippen MR) is 90.0 cm³/mol. The average molecular weight is 314 g/mol. The standard InChI is InChI=1S/C19H26N2O2/c22-18(16-6-2-1-3-7-16)20-14-15-8-10-17(11-9-15)19(23)21-12-4-5-13-21/h8-11,16H,1-7,12-14H2,(H,20,22). The van der Waals surface area contributed by atoms with Crippen molar-refractivity contribution in [1.82, 2.24) is 10.2 Å². The average Bonchev–Trinajstić information content (AvgIpc) is 3.15. The molecule has 4 nitrogen and oxygen atoms in total. The highest BCUT2D eigenvalue weighted by molar-refractivity contribution is 5.94. The molecule has 2 fully saturated rings. The van der Waals surface area contributed by atoms with E-state index in [1.807, 2.05) is 29.2 Å². The fraction of sp³-hybridized carbons (Fsp3) is 0.579. The van der Waals surface area contributed by atoms with E-state index in [2.05, 4.69) is 5.32 Å². The van der Waals surface area contributed by atoms with Gasteiger partial charge in [-0.2, -0.15) is 0 Å². The van der Waals surface area contributed by atoms with E-state index < -0.39 is 0 Å². The van der Waals surface area contributed by atoms with Crippen LogP contribution in [0.3, 0.4) is 0 Å². The molecule has 0 spiro atoms. The number of nitrogens with zero attached hydrogens (tertiary/aromatic N) is 1. The van der Waals surface area contributed by atoms with Crippen LogP contribution in [0.5, 0.6) is 0 Å². The third-order valence-corrected chi connectivity index (χ3v) is 5.04. The van der Waals surface area contributed by atoms with E-state index in [0.717, 1.165) is 49.9 Å². The summed E-state index contributed by atoms with van der Waals surface area (Å²) in [4.78, 5) is 26.4. The molecule has 1 aliphatic heterocycles. The van der Waals surface area contributed by atoms with Crippen molar-refractivity contribution < 1.29 is 9.59 Å². The largest absolute Gasteiger partial charge is 0.352 e. The lowest BCUT2D eigenvalue weighted by atomic mass is 9.88. The van der Waals surface area contributed by atoms with Gasteiger partial charge in [0, 0.05) is 31.1 Å². The highest BCUT2D eigenvalue weighted by atomic mass is 16.2. The van der Waals surface area contributed by atoms with Crippen LogP contribution in [0.4, 0.5) is 0 Å². The molecular weight excluding hydrogens is 288 g/mol. The molecular formula is C19H26N2O2. The van der Waals surface area contributed by atoms with Gasteiger partial charge in [-0.3, -0.25) is 9.59 Å². The zero-order valence-electron chi connectivity index (χ0n) is 13.7. The monoisotopic (exact) mass is 314 g/mol. The predicted octanol–water partition coefficient (Wildman–Crippen LogP) is 3.12. The zero-order valence-corrected chi connectivity index (χ0v) is 13.7. The lowest BCUT2D eigenvalue weighted by Crippen LogP contribution is -2.31. The molecule has 1 aromatic rings. The molecule has 124 valence electrons. The number of rotatable bonds is 4. The van der Waals surface area contributed by atoms with E-state index in [0.29, 0.717) is 6.54 Å². The van der Waals surface area contributed by atoms with Crippen LogP contribution < -0.4 is 5.32 Å². The van der Waals surface area contributed by atoms with Crippen molar-refractivity contribution in [2.45, 2.75) is 51.5 Å². The lowest BCUT2D eigenvalue weighted by Gasteiger charge is -2.20. The Hall–Kier alpha value is -1.84. The second kappa shape index (κ2) is 7.62. The van der Waals surface area contributed by atoms with Crippen molar-refractivity contribution in [3.05, 3.63) is 35.4 Å². The van der Waals surface area contributed by atoms with Gasteiger partial charge in [0.2, 0.25) is 5.91 Å². The van der Waals surface area contributed by atoms with Gasteiger partial charge < -0.3 is 10.2 Å². The van der Waals surface area contributed by atoms with E-state index in [9.17, 15) is 9.59 Å². The minimum Gasteiger partial charge on any atom is -0.352 e. The minimum absolute atomic E-state index is 0.125. The molecule has 0 radical (unpaired) electrons. The summed E-state index contributed by atoms with van der Waals surface area (Å²) in [6.45, 7) is 2.30. The first-order chi connectivity index (χ1) is 11.2. The summed E-state index contributed by atoms with van der Waals surface area (Å²) in [5.74, 6) is 0.502. The quantitative estimate of drug-likeness (QED) is 0.928. The molecule has 1 aromatic carbocycles. The maximum atomic E-state index is 12.3. The second-order valence-electron chi connectivity index (χ2n) is 6.75. The Morgan fingerprint density at radius 1 is 0.957 bits per heavy atom. The van der Waals surface area contributed by atoms with Gasteiger partial charge in [0.15, 0.2) is 0 Å². The zero-order chi connectivity index (χ0) is 16.1. The van der Waals surface area contributed by atoms with Crippen LogP contribution in [0.15, 0.2) is 24.3 Å². The van der Waals surface area contributed by atoms with Crippen molar-refractivity contribution in [3.8, 4) is 0 Å². The van der Waals surface area contributed by atoms with Gasteiger partial charge in [0.25, 0.3) is 5.91 Å². The van der Waals surface area contributed by atoms with Crippen LogP contribution in [0.1, 0.15) is 60.9 Å². The molecule has 2 amide bonds. The van der Waals surface area contributed by atoms with Crippen molar-refractivity contribution in [2.75, 3.05) is 13.1 Å². The summed E-state index contributed by atoms with van der Waals surface area (Å²) in [5, 5.41) is 3.04. The molecule has 0 unspecified atom stereocenters. The van der Waals surface area contributed by atoms with Crippen molar-refractivity contribution in [3.63, 3.8) is 0 Å². The first-order valence-electron chi connectivity index (χ1n) is 8.90. The van der Waals surface area contributed by atoms with Crippen molar-refractivity contribution >= 4 is 11.8 Å². The highest BCUT2D eigenvalue weighted by Gasteiger charge is 2.21. The normalized spacial score (nSPS) is 18.9. The van der Waals surface area contributed by atoms with E-state index in [-0.39, 0.29) is 17.7 Å². The third kappa shape index (κ3) is 4.12. The molecule has 1 N–H and O–H groups in total. The molecule has 0 aromatic heterocycles. The van der Waals surface area contributed by atoms with E-state index in [1.165, 1.54) is 19.3 Å². The van der Waals surface area contributed by atoms with Gasteiger partial charge in [-0.25, -0.2) is 0 Å². The first kappa shape index (κ1) is 16.0. The Morgan fingerprint density at radius 3 is 2.26 bits per heavy atom. The molecule has 4 heteroatoms. The highest BCUT2D eigenvalue weighted by Crippen LogP contribution is 2.23. The molecule has 23 heavy (non-hydrogen) atoms. The Bertz CT molecular complexity index is 541. The number of carbonyl (C=O) groups is 2. The molecule has 1 aliphatic carbocycles. The third-order valence-electron chi connectivity index (χ3n) is 5.04. The van der Waals surface area contributed by atoms with Crippen LogP contribution in [-0.4, -0.2) is 29.8 Å². The molecule has 0 atom stereocenters. The van der Waals surface area contributed by atoms with Gasteiger partial charge >= 0.3 is 0 Å². The number of hydrogen-bond donors (Lipinski definition) is 1. The van der Waals surface area contributed by atoms with Crippen LogP contribution in [0.25, 0.3) is 0 Å². The summed E-state index contributed by atoms with van der Waals surface area (Å²) in [5.41, 5.74) is 1.79. The maximum Gasteiger partial charge on any atom is 0.253 e. The Kier molecular flexibility index (Phi) is 5.31. The lowest BCUT2D eigenvalue weighted by molar-refractivity contribution is -0.126. The topological polar surface area (TPSA) is 49.4 Å². The van der Waals surface area contributed by atoms with Crippen LogP contribution in [0.2, 0.25) is 0 Å². The van der Waals surface area contributed by atoms with Gasteiger partial charge in [0.1, 0.15) is 0 Å². The second-order valence-corrected chi connectivity index (χ2v) is 6.75. The fourth-order valence-electron chi connectivity index (χ4n) is 3.57.